The second-order valence-electron chi connectivity index (χ2n) is 4.30. The highest BCUT2D eigenvalue weighted by atomic mass is 16.1. The Morgan fingerprint density at radius 1 is 1.17 bits per heavy atom. The van der Waals surface area contributed by atoms with Crippen LogP contribution in [0.25, 0.3) is 22.6 Å². The third-order valence-electron chi connectivity index (χ3n) is 2.80. The van der Waals surface area contributed by atoms with Crippen LogP contribution in [0.15, 0.2) is 29.2 Å². The molecule has 3 rings (SSSR count). The lowest BCUT2D eigenvalue weighted by Crippen LogP contribution is -2.05. The number of H-pyrrole nitrogens is 2. The molecule has 3 heterocycles. The molecular weight excluding hydrogens is 228 g/mol. The fourth-order valence-corrected chi connectivity index (χ4v) is 1.87. The zero-order valence-electron chi connectivity index (χ0n) is 10.1. The van der Waals surface area contributed by atoms with Crippen LogP contribution in [-0.4, -0.2) is 19.9 Å². The zero-order chi connectivity index (χ0) is 12.7. The topological polar surface area (TPSA) is 74.4 Å². The second kappa shape index (κ2) is 3.80. The van der Waals surface area contributed by atoms with Gasteiger partial charge >= 0.3 is 0 Å². The van der Waals surface area contributed by atoms with Crippen molar-refractivity contribution < 1.29 is 0 Å². The number of nitrogens with one attached hydrogen (secondary N) is 2. The summed E-state index contributed by atoms with van der Waals surface area (Å²) < 4.78 is 0. The highest BCUT2D eigenvalue weighted by Gasteiger charge is 2.09. The van der Waals surface area contributed by atoms with E-state index in [1.54, 1.807) is 12.3 Å². The van der Waals surface area contributed by atoms with Crippen molar-refractivity contribution >= 4 is 11.2 Å². The molecule has 0 aromatic carbocycles. The lowest BCUT2D eigenvalue weighted by atomic mass is 10.2. The fraction of sp³-hybridized carbons (Fsp3) is 0.154. The minimum absolute atomic E-state index is 0.0537. The first kappa shape index (κ1) is 10.7. The number of hydrogen-bond acceptors (Lipinski definition) is 3. The largest absolute Gasteiger partial charge is 0.364 e. The van der Waals surface area contributed by atoms with Gasteiger partial charge in [0, 0.05) is 23.7 Å². The summed E-state index contributed by atoms with van der Waals surface area (Å²) in [4.78, 5) is 26.7. The molecule has 0 atom stereocenters. The third kappa shape index (κ3) is 1.69. The third-order valence-corrected chi connectivity index (χ3v) is 2.80. The van der Waals surface area contributed by atoms with E-state index in [4.69, 9.17) is 0 Å². The van der Waals surface area contributed by atoms with Gasteiger partial charge in [0.2, 0.25) is 0 Å². The molecule has 0 saturated carbocycles. The van der Waals surface area contributed by atoms with Gasteiger partial charge in [-0.1, -0.05) is 0 Å². The molecule has 3 aromatic heterocycles. The van der Waals surface area contributed by atoms with Gasteiger partial charge in [0.05, 0.1) is 11.1 Å². The lowest BCUT2D eigenvalue weighted by molar-refractivity contribution is 1.17. The molecule has 5 nitrogen and oxygen atoms in total. The molecule has 90 valence electrons. The Morgan fingerprint density at radius 3 is 2.78 bits per heavy atom. The van der Waals surface area contributed by atoms with Gasteiger partial charge in [0.15, 0.2) is 11.1 Å². The van der Waals surface area contributed by atoms with E-state index in [9.17, 15) is 4.79 Å². The predicted molar refractivity (Wildman–Crippen MR) is 69.4 cm³/mol. The number of pyridine rings is 2. The van der Waals surface area contributed by atoms with Crippen molar-refractivity contribution in [1.82, 2.24) is 19.9 Å². The molecule has 0 radical (unpaired) electrons. The Hall–Kier alpha value is -2.43. The fourth-order valence-electron chi connectivity index (χ4n) is 1.87. The second-order valence-corrected chi connectivity index (χ2v) is 4.30. The Balaban J connectivity index is 2.22. The van der Waals surface area contributed by atoms with Crippen molar-refractivity contribution in [1.29, 1.82) is 0 Å². The van der Waals surface area contributed by atoms with E-state index in [-0.39, 0.29) is 5.43 Å². The molecule has 0 spiro atoms. The molecule has 3 aromatic rings. The predicted octanol–water partition coefficient (Wildman–Crippen LogP) is 1.93. The van der Waals surface area contributed by atoms with Crippen molar-refractivity contribution in [2.75, 3.05) is 0 Å². The van der Waals surface area contributed by atoms with Gasteiger partial charge in [-0.2, -0.15) is 0 Å². The van der Waals surface area contributed by atoms with Gasteiger partial charge in [0.1, 0.15) is 5.82 Å². The van der Waals surface area contributed by atoms with E-state index in [2.05, 4.69) is 19.9 Å². The van der Waals surface area contributed by atoms with E-state index < -0.39 is 0 Å². The highest BCUT2D eigenvalue weighted by Crippen LogP contribution is 2.16. The van der Waals surface area contributed by atoms with Crippen molar-refractivity contribution in [3.8, 4) is 11.4 Å². The SMILES string of the molecule is Cc1ccc2[nH]c(-c3c[nH]c(C)cc3=O)nc2n1. The molecule has 0 unspecified atom stereocenters. The molecule has 18 heavy (non-hydrogen) atoms. The van der Waals surface area contributed by atoms with Gasteiger partial charge in [-0.05, 0) is 26.0 Å². The van der Waals surface area contributed by atoms with Gasteiger partial charge in [0.25, 0.3) is 0 Å². The average molecular weight is 240 g/mol. The van der Waals surface area contributed by atoms with Crippen LogP contribution in [0.5, 0.6) is 0 Å². The van der Waals surface area contributed by atoms with Crippen LogP contribution in [0.4, 0.5) is 0 Å². The van der Waals surface area contributed by atoms with Gasteiger partial charge in [-0.25, -0.2) is 9.97 Å². The lowest BCUT2D eigenvalue weighted by Gasteiger charge is -1.96. The molecular formula is C13H12N4O. The van der Waals surface area contributed by atoms with E-state index >= 15 is 0 Å². The van der Waals surface area contributed by atoms with Crippen LogP contribution in [0.2, 0.25) is 0 Å². The maximum Gasteiger partial charge on any atom is 0.192 e. The number of hydrogen-bond donors (Lipinski definition) is 2. The first-order chi connectivity index (χ1) is 8.63. The van der Waals surface area contributed by atoms with Gasteiger partial charge in [-0.3, -0.25) is 4.79 Å². The molecule has 2 N–H and O–H groups in total. The quantitative estimate of drug-likeness (QED) is 0.682. The standard InChI is InChI=1S/C13H12N4O/c1-7-3-4-10-13(15-7)17-12(16-10)9-6-14-8(2)5-11(9)18/h3-6H,1-2H3,(H,14,18)(H,15,16,17). The highest BCUT2D eigenvalue weighted by molar-refractivity contribution is 5.75. The number of aromatic amines is 2. The van der Waals surface area contributed by atoms with E-state index in [0.29, 0.717) is 17.0 Å². The van der Waals surface area contributed by atoms with Crippen molar-refractivity contribution in [3.63, 3.8) is 0 Å². The van der Waals surface area contributed by atoms with Crippen LogP contribution in [0.3, 0.4) is 0 Å². The summed E-state index contributed by atoms with van der Waals surface area (Å²) >= 11 is 0. The van der Waals surface area contributed by atoms with Crippen molar-refractivity contribution in [2.24, 2.45) is 0 Å². The number of imidazole rings is 1. The summed E-state index contributed by atoms with van der Waals surface area (Å²) in [5.74, 6) is 0.546. The summed E-state index contributed by atoms with van der Waals surface area (Å²) in [7, 11) is 0. The molecule has 0 aliphatic heterocycles. The van der Waals surface area contributed by atoms with Crippen LogP contribution < -0.4 is 5.43 Å². The minimum atomic E-state index is -0.0537. The zero-order valence-corrected chi connectivity index (χ0v) is 10.1. The van der Waals surface area contributed by atoms with Gasteiger partial charge < -0.3 is 9.97 Å². The van der Waals surface area contributed by atoms with Crippen LogP contribution in [-0.2, 0) is 0 Å². The first-order valence-electron chi connectivity index (χ1n) is 5.66. The number of rotatable bonds is 1. The molecule has 0 aliphatic carbocycles. The Kier molecular flexibility index (Phi) is 2.26. The summed E-state index contributed by atoms with van der Waals surface area (Å²) in [6.07, 6.45) is 1.67. The normalized spacial score (nSPS) is 11.0. The van der Waals surface area contributed by atoms with Crippen LogP contribution >= 0.6 is 0 Å². The van der Waals surface area contributed by atoms with Crippen LogP contribution in [0, 0.1) is 13.8 Å². The Bertz CT molecular complexity index is 785. The molecule has 0 fully saturated rings. The average Bonchev–Trinajstić information content (AvgIpc) is 2.71. The maximum atomic E-state index is 11.9. The summed E-state index contributed by atoms with van der Waals surface area (Å²) in [6.45, 7) is 3.75. The molecule has 0 aliphatic rings. The number of nitrogens with zero attached hydrogens (tertiary/aromatic N) is 2. The first-order valence-corrected chi connectivity index (χ1v) is 5.66. The smallest absolute Gasteiger partial charge is 0.192 e. The summed E-state index contributed by atoms with van der Waals surface area (Å²) in [6, 6.07) is 5.38. The molecule has 0 saturated heterocycles. The van der Waals surface area contributed by atoms with Crippen molar-refractivity contribution in [2.45, 2.75) is 13.8 Å². The summed E-state index contributed by atoms with van der Waals surface area (Å²) in [5.41, 5.74) is 3.66. The van der Waals surface area contributed by atoms with Crippen LogP contribution in [0.1, 0.15) is 11.4 Å². The van der Waals surface area contributed by atoms with E-state index in [1.807, 2.05) is 26.0 Å². The van der Waals surface area contributed by atoms with Gasteiger partial charge in [-0.15, -0.1) is 0 Å². The Labute approximate surface area is 103 Å². The number of aromatic nitrogens is 4. The molecule has 0 bridgehead atoms. The number of fused-ring (bicyclic) bond motifs is 1. The number of aryl methyl sites for hydroxylation is 2. The minimum Gasteiger partial charge on any atom is -0.364 e. The maximum absolute atomic E-state index is 11.9. The van der Waals surface area contributed by atoms with Crippen molar-refractivity contribution in [3.05, 3.63) is 46.0 Å². The molecule has 0 amide bonds. The molecule has 5 heteroatoms. The van der Waals surface area contributed by atoms with E-state index in [0.717, 1.165) is 16.9 Å². The summed E-state index contributed by atoms with van der Waals surface area (Å²) in [5, 5.41) is 0. The monoisotopic (exact) mass is 240 g/mol. The Morgan fingerprint density at radius 2 is 2.00 bits per heavy atom. The van der Waals surface area contributed by atoms with E-state index in [1.165, 1.54) is 0 Å².